The number of benzene rings is 5. The minimum Gasteiger partial charge on any atom is -0.455 e. The molecule has 35 heavy (non-hydrogen) atoms. The molecule has 2 heteroatoms. The van der Waals surface area contributed by atoms with Crippen molar-refractivity contribution in [1.82, 2.24) is 4.57 Å². The summed E-state index contributed by atoms with van der Waals surface area (Å²) >= 11 is 0. The molecule has 0 atom stereocenters. The van der Waals surface area contributed by atoms with Gasteiger partial charge in [0.2, 0.25) is 0 Å². The van der Waals surface area contributed by atoms with Gasteiger partial charge in [-0.15, -0.1) is 0 Å². The van der Waals surface area contributed by atoms with E-state index in [1.807, 2.05) is 6.07 Å². The van der Waals surface area contributed by atoms with Gasteiger partial charge in [0.1, 0.15) is 11.2 Å². The summed E-state index contributed by atoms with van der Waals surface area (Å²) in [5.41, 5.74) is 10.9. The predicted octanol–water partition coefficient (Wildman–Crippen LogP) is 8.99. The average Bonchev–Trinajstić information content (AvgIpc) is 3.50. The Bertz CT molecular complexity index is 1980. The maximum absolute atomic E-state index is 6.46. The molecule has 0 radical (unpaired) electrons. The Morgan fingerprint density at radius 2 is 1.34 bits per heavy atom. The molecule has 166 valence electrons. The van der Waals surface area contributed by atoms with Gasteiger partial charge in [-0.25, -0.2) is 0 Å². The van der Waals surface area contributed by atoms with Gasteiger partial charge in [-0.1, -0.05) is 80.6 Å². The molecule has 0 amide bonds. The molecule has 7 aromatic rings. The maximum atomic E-state index is 6.46. The minimum absolute atomic E-state index is 0.0350. The van der Waals surface area contributed by atoms with Gasteiger partial charge in [-0.05, 0) is 58.7 Å². The normalized spacial score (nSPS) is 14.2. The lowest BCUT2D eigenvalue weighted by Gasteiger charge is -2.22. The van der Waals surface area contributed by atoms with E-state index in [1.54, 1.807) is 0 Å². The summed E-state index contributed by atoms with van der Waals surface area (Å²) in [5.74, 6) is 0. The van der Waals surface area contributed by atoms with Crippen LogP contribution in [0, 0.1) is 0 Å². The molecule has 0 spiro atoms. The van der Waals surface area contributed by atoms with Crippen LogP contribution in [0.3, 0.4) is 0 Å². The molecule has 0 fully saturated rings. The van der Waals surface area contributed by atoms with Gasteiger partial charge in [-0.3, -0.25) is 0 Å². The summed E-state index contributed by atoms with van der Waals surface area (Å²) in [6.07, 6.45) is 0. The van der Waals surface area contributed by atoms with Crippen LogP contribution in [0.4, 0.5) is 0 Å². The molecule has 1 aliphatic rings. The average molecular weight is 450 g/mol. The number of hydrogen-bond donors (Lipinski definition) is 0. The van der Waals surface area contributed by atoms with Gasteiger partial charge in [0.15, 0.2) is 0 Å². The highest BCUT2D eigenvalue weighted by Gasteiger charge is 2.35. The second-order valence-corrected chi connectivity index (χ2v) is 10.2. The predicted molar refractivity (Wildman–Crippen MR) is 146 cm³/mol. The number of para-hydroxylation sites is 2. The fourth-order valence-corrected chi connectivity index (χ4v) is 6.34. The van der Waals surface area contributed by atoms with Crippen LogP contribution in [0.15, 0.2) is 108 Å². The highest BCUT2D eigenvalue weighted by molar-refractivity contribution is 6.23. The maximum Gasteiger partial charge on any atom is 0.145 e. The molecule has 0 aliphatic heterocycles. The second-order valence-electron chi connectivity index (χ2n) is 10.2. The lowest BCUT2D eigenvalue weighted by atomic mass is 9.82. The fourth-order valence-electron chi connectivity index (χ4n) is 6.34. The molecule has 0 saturated carbocycles. The summed E-state index contributed by atoms with van der Waals surface area (Å²) < 4.78 is 8.86. The van der Waals surface area contributed by atoms with Crippen molar-refractivity contribution in [3.05, 3.63) is 114 Å². The summed E-state index contributed by atoms with van der Waals surface area (Å²) in [6, 6.07) is 37.3. The fraction of sp³-hybridized carbons (Fsp3) is 0.0909. The van der Waals surface area contributed by atoms with E-state index in [-0.39, 0.29) is 5.41 Å². The zero-order chi connectivity index (χ0) is 23.3. The Morgan fingerprint density at radius 3 is 2.26 bits per heavy atom. The standard InChI is InChI=1S/C33H23NO/c1-33(2)26-12-6-3-9-21(26)22-16-15-20(19-27(22)33)34-28-13-7-4-11-25(28)31-29(34)18-17-24-23-10-5-8-14-30(23)35-32(24)31/h3-19H,1-2H3. The molecule has 1 aliphatic carbocycles. The van der Waals surface area contributed by atoms with E-state index in [0.717, 1.165) is 11.2 Å². The summed E-state index contributed by atoms with van der Waals surface area (Å²) in [7, 11) is 0. The number of furan rings is 1. The topological polar surface area (TPSA) is 18.1 Å². The van der Waals surface area contributed by atoms with Crippen molar-refractivity contribution >= 4 is 43.7 Å². The van der Waals surface area contributed by atoms with Gasteiger partial charge >= 0.3 is 0 Å². The molecule has 0 saturated heterocycles. The van der Waals surface area contributed by atoms with Gasteiger partial charge < -0.3 is 8.98 Å². The molecule has 8 rings (SSSR count). The van der Waals surface area contributed by atoms with E-state index >= 15 is 0 Å². The van der Waals surface area contributed by atoms with Crippen LogP contribution in [0.25, 0.3) is 60.6 Å². The SMILES string of the molecule is CC1(C)c2ccccc2-c2ccc(-n3c4ccccc4c4c5oc6ccccc6c5ccc43)cc21. The van der Waals surface area contributed by atoms with E-state index < -0.39 is 0 Å². The van der Waals surface area contributed by atoms with Crippen LogP contribution in [-0.2, 0) is 5.41 Å². The van der Waals surface area contributed by atoms with Gasteiger partial charge in [0, 0.05) is 27.3 Å². The quantitative estimate of drug-likeness (QED) is 0.244. The second kappa shape index (κ2) is 6.43. The van der Waals surface area contributed by atoms with Gasteiger partial charge in [0.25, 0.3) is 0 Å². The lowest BCUT2D eigenvalue weighted by Crippen LogP contribution is -2.15. The van der Waals surface area contributed by atoms with Crippen LogP contribution in [0.2, 0.25) is 0 Å². The van der Waals surface area contributed by atoms with Crippen molar-refractivity contribution in [3.63, 3.8) is 0 Å². The zero-order valence-corrected chi connectivity index (χ0v) is 19.7. The van der Waals surface area contributed by atoms with Crippen LogP contribution in [0.1, 0.15) is 25.0 Å². The summed E-state index contributed by atoms with van der Waals surface area (Å²) in [6.45, 7) is 4.68. The molecule has 0 bridgehead atoms. The Balaban J connectivity index is 1.47. The Kier molecular flexibility index (Phi) is 3.50. The largest absolute Gasteiger partial charge is 0.455 e. The van der Waals surface area contributed by atoms with Crippen molar-refractivity contribution in [2.24, 2.45) is 0 Å². The van der Waals surface area contributed by atoms with Crippen molar-refractivity contribution in [2.75, 3.05) is 0 Å². The van der Waals surface area contributed by atoms with E-state index in [1.165, 1.54) is 60.5 Å². The molecule has 2 heterocycles. The summed E-state index contributed by atoms with van der Waals surface area (Å²) in [4.78, 5) is 0. The first-order chi connectivity index (χ1) is 17.1. The van der Waals surface area contributed by atoms with E-state index in [2.05, 4.69) is 115 Å². The highest BCUT2D eigenvalue weighted by Crippen LogP contribution is 2.49. The highest BCUT2D eigenvalue weighted by atomic mass is 16.3. The Hall–Kier alpha value is -4.30. The Labute approximate surface area is 203 Å². The number of hydrogen-bond acceptors (Lipinski definition) is 1. The van der Waals surface area contributed by atoms with Crippen molar-refractivity contribution < 1.29 is 4.42 Å². The van der Waals surface area contributed by atoms with Crippen molar-refractivity contribution in [3.8, 4) is 16.8 Å². The minimum atomic E-state index is -0.0350. The molecule has 5 aromatic carbocycles. The number of aromatic nitrogens is 1. The lowest BCUT2D eigenvalue weighted by molar-refractivity contribution is 0.660. The third-order valence-electron chi connectivity index (χ3n) is 8.01. The molecule has 2 aromatic heterocycles. The van der Waals surface area contributed by atoms with Crippen LogP contribution >= 0.6 is 0 Å². The van der Waals surface area contributed by atoms with Gasteiger partial charge in [-0.2, -0.15) is 0 Å². The third-order valence-corrected chi connectivity index (χ3v) is 8.01. The first kappa shape index (κ1) is 19.1. The van der Waals surface area contributed by atoms with Crippen molar-refractivity contribution in [2.45, 2.75) is 19.3 Å². The Morgan fingerprint density at radius 1 is 0.600 bits per heavy atom. The van der Waals surface area contributed by atoms with Crippen LogP contribution in [0.5, 0.6) is 0 Å². The first-order valence-electron chi connectivity index (χ1n) is 12.2. The monoisotopic (exact) mass is 449 g/mol. The van der Waals surface area contributed by atoms with Gasteiger partial charge in [0.05, 0.1) is 16.4 Å². The van der Waals surface area contributed by atoms with Crippen LogP contribution in [-0.4, -0.2) is 4.57 Å². The third kappa shape index (κ3) is 2.34. The summed E-state index contributed by atoms with van der Waals surface area (Å²) in [5, 5.41) is 4.73. The first-order valence-corrected chi connectivity index (χ1v) is 12.2. The number of fused-ring (bicyclic) bond motifs is 10. The number of rotatable bonds is 1. The van der Waals surface area contributed by atoms with E-state index in [4.69, 9.17) is 4.42 Å². The molecule has 2 nitrogen and oxygen atoms in total. The molecule has 0 N–H and O–H groups in total. The molecular formula is C33H23NO. The zero-order valence-electron chi connectivity index (χ0n) is 19.7. The smallest absolute Gasteiger partial charge is 0.145 e. The van der Waals surface area contributed by atoms with E-state index in [9.17, 15) is 0 Å². The van der Waals surface area contributed by atoms with E-state index in [0.29, 0.717) is 0 Å². The van der Waals surface area contributed by atoms with Crippen molar-refractivity contribution in [1.29, 1.82) is 0 Å². The number of nitrogens with zero attached hydrogens (tertiary/aromatic N) is 1. The molecule has 0 unspecified atom stereocenters. The van der Waals surface area contributed by atoms with Crippen LogP contribution < -0.4 is 0 Å². The molecular weight excluding hydrogens is 426 g/mol.